The van der Waals surface area contributed by atoms with Crippen molar-refractivity contribution >= 4 is 5.97 Å². The summed E-state index contributed by atoms with van der Waals surface area (Å²) >= 11 is 0. The normalized spacial score (nSPS) is 22.9. The highest BCUT2D eigenvalue weighted by atomic mass is 19.4. The van der Waals surface area contributed by atoms with Crippen LogP contribution < -0.4 is 5.73 Å². The highest BCUT2D eigenvalue weighted by molar-refractivity contribution is 5.65. The molecule has 0 bridgehead atoms. The summed E-state index contributed by atoms with van der Waals surface area (Å²) in [7, 11) is 0. The lowest BCUT2D eigenvalue weighted by atomic mass is 9.68. The Kier molecular flexibility index (Phi) is 10.0. The molecule has 216 valence electrons. The van der Waals surface area contributed by atoms with E-state index in [1.165, 1.54) is 31.2 Å². The van der Waals surface area contributed by atoms with Gasteiger partial charge < -0.3 is 15.2 Å². The zero-order valence-corrected chi connectivity index (χ0v) is 21.6. The number of hydrogen-bond acceptors (Lipinski definition) is 4. The smallest absolute Gasteiger partial charge is 0.393 e. The van der Waals surface area contributed by atoms with Crippen LogP contribution in [-0.2, 0) is 27.1 Å². The first kappa shape index (κ1) is 30.9. The SMILES string of the molecule is CC(=O)OC[C@H]1CC[C@H](O[C@H](C)c2cc(CC(F)(F)F)cc(CC(F)(F)F)c2)[C@@H](c2ccc(F)cc2)[C@@H]1CN. The Labute approximate surface area is 222 Å². The van der Waals surface area contributed by atoms with Crippen molar-refractivity contribution in [1.29, 1.82) is 0 Å². The van der Waals surface area contributed by atoms with Gasteiger partial charge in [-0.25, -0.2) is 4.39 Å². The molecule has 0 amide bonds. The molecule has 0 radical (unpaired) electrons. The molecule has 1 saturated carbocycles. The predicted molar refractivity (Wildman–Crippen MR) is 130 cm³/mol. The van der Waals surface area contributed by atoms with E-state index in [9.17, 15) is 35.5 Å². The number of carbonyl (C=O) groups excluding carboxylic acids is 1. The second-order valence-electron chi connectivity index (χ2n) is 10.1. The van der Waals surface area contributed by atoms with Crippen LogP contribution in [0.2, 0.25) is 0 Å². The summed E-state index contributed by atoms with van der Waals surface area (Å²) < 4.78 is 104. The van der Waals surface area contributed by atoms with Crippen LogP contribution in [0.4, 0.5) is 30.7 Å². The minimum Gasteiger partial charge on any atom is -0.466 e. The maximum absolute atomic E-state index is 13.7. The Morgan fingerprint density at radius 3 is 2.03 bits per heavy atom. The molecule has 11 heteroatoms. The minimum atomic E-state index is -4.60. The summed E-state index contributed by atoms with van der Waals surface area (Å²) in [6, 6.07) is 9.15. The van der Waals surface area contributed by atoms with Crippen molar-refractivity contribution in [2.24, 2.45) is 17.6 Å². The second kappa shape index (κ2) is 12.7. The Morgan fingerprint density at radius 2 is 1.54 bits per heavy atom. The fraction of sp³-hybridized carbons (Fsp3) is 0.536. The molecular weight excluding hydrogens is 531 g/mol. The number of halogens is 7. The zero-order chi connectivity index (χ0) is 29.0. The van der Waals surface area contributed by atoms with Gasteiger partial charge in [0, 0.05) is 12.8 Å². The number of benzene rings is 2. The third kappa shape index (κ3) is 9.20. The molecule has 0 saturated heterocycles. The zero-order valence-electron chi connectivity index (χ0n) is 21.6. The van der Waals surface area contributed by atoms with E-state index in [0.717, 1.165) is 11.6 Å². The first-order chi connectivity index (χ1) is 18.1. The molecule has 5 atom stereocenters. The van der Waals surface area contributed by atoms with Crippen LogP contribution in [0.15, 0.2) is 42.5 Å². The van der Waals surface area contributed by atoms with E-state index in [0.29, 0.717) is 12.8 Å². The van der Waals surface area contributed by atoms with E-state index in [-0.39, 0.29) is 47.6 Å². The van der Waals surface area contributed by atoms with E-state index < -0.39 is 49.2 Å². The van der Waals surface area contributed by atoms with Crippen molar-refractivity contribution in [2.45, 2.75) is 70.0 Å². The summed E-state index contributed by atoms with van der Waals surface area (Å²) in [4.78, 5) is 11.4. The molecule has 1 fully saturated rings. The van der Waals surface area contributed by atoms with Gasteiger partial charge in [-0.05, 0) is 72.5 Å². The van der Waals surface area contributed by atoms with Crippen molar-refractivity contribution in [3.05, 3.63) is 70.5 Å². The van der Waals surface area contributed by atoms with Crippen LogP contribution in [-0.4, -0.2) is 37.6 Å². The number of carbonyl (C=O) groups is 1. The third-order valence-corrected chi connectivity index (χ3v) is 7.05. The Hall–Kier alpha value is -2.66. The summed E-state index contributed by atoms with van der Waals surface area (Å²) in [5.41, 5.74) is 6.49. The van der Waals surface area contributed by atoms with E-state index in [4.69, 9.17) is 15.2 Å². The van der Waals surface area contributed by atoms with Gasteiger partial charge in [-0.1, -0.05) is 30.3 Å². The molecule has 4 nitrogen and oxygen atoms in total. The van der Waals surface area contributed by atoms with Gasteiger partial charge >= 0.3 is 18.3 Å². The van der Waals surface area contributed by atoms with Gasteiger partial charge in [0.2, 0.25) is 0 Å². The molecular formula is C28H32F7NO3. The lowest BCUT2D eigenvalue weighted by Gasteiger charge is -2.43. The van der Waals surface area contributed by atoms with Crippen LogP contribution in [0.1, 0.15) is 61.0 Å². The summed E-state index contributed by atoms with van der Waals surface area (Å²) in [5, 5.41) is 0. The average molecular weight is 564 g/mol. The largest absolute Gasteiger partial charge is 0.466 e. The van der Waals surface area contributed by atoms with Gasteiger partial charge in [0.15, 0.2) is 0 Å². The lowest BCUT2D eigenvalue weighted by molar-refractivity contribution is -0.144. The molecule has 0 heterocycles. The summed E-state index contributed by atoms with van der Waals surface area (Å²) in [5.74, 6) is -1.61. The molecule has 0 aliphatic heterocycles. The molecule has 2 N–H and O–H groups in total. The molecule has 1 aliphatic carbocycles. The predicted octanol–water partition coefficient (Wildman–Crippen LogP) is 6.81. The van der Waals surface area contributed by atoms with Gasteiger partial charge in [-0.15, -0.1) is 0 Å². The molecule has 2 aromatic carbocycles. The lowest BCUT2D eigenvalue weighted by Crippen LogP contribution is -2.43. The topological polar surface area (TPSA) is 61.5 Å². The second-order valence-corrected chi connectivity index (χ2v) is 10.1. The summed E-state index contributed by atoms with van der Waals surface area (Å²) in [6.45, 7) is 3.20. The molecule has 39 heavy (non-hydrogen) atoms. The number of rotatable bonds is 9. The molecule has 2 aromatic rings. The van der Waals surface area contributed by atoms with Crippen LogP contribution in [0.25, 0.3) is 0 Å². The average Bonchev–Trinajstić information content (AvgIpc) is 2.81. The van der Waals surface area contributed by atoms with Crippen molar-refractivity contribution in [3.8, 4) is 0 Å². The number of hydrogen-bond donors (Lipinski definition) is 1. The third-order valence-electron chi connectivity index (χ3n) is 7.05. The first-order valence-corrected chi connectivity index (χ1v) is 12.7. The first-order valence-electron chi connectivity index (χ1n) is 12.7. The van der Waals surface area contributed by atoms with Crippen molar-refractivity contribution < 1.29 is 45.0 Å². The highest BCUT2D eigenvalue weighted by Gasteiger charge is 2.41. The molecule has 0 spiro atoms. The van der Waals surface area contributed by atoms with Crippen molar-refractivity contribution in [3.63, 3.8) is 0 Å². The fourth-order valence-electron chi connectivity index (χ4n) is 5.44. The molecule has 3 rings (SSSR count). The van der Waals surface area contributed by atoms with Crippen LogP contribution in [0.5, 0.6) is 0 Å². The quantitative estimate of drug-likeness (QED) is 0.269. The Balaban J connectivity index is 1.93. The van der Waals surface area contributed by atoms with Crippen molar-refractivity contribution in [1.82, 2.24) is 0 Å². The van der Waals surface area contributed by atoms with Gasteiger partial charge in [0.25, 0.3) is 0 Å². The van der Waals surface area contributed by atoms with Gasteiger partial charge in [0.05, 0.1) is 31.7 Å². The van der Waals surface area contributed by atoms with Crippen LogP contribution in [0, 0.1) is 17.7 Å². The maximum Gasteiger partial charge on any atom is 0.393 e. The monoisotopic (exact) mass is 563 g/mol. The van der Waals surface area contributed by atoms with E-state index in [1.54, 1.807) is 19.1 Å². The number of ether oxygens (including phenoxy) is 2. The fourth-order valence-corrected chi connectivity index (χ4v) is 5.44. The molecule has 0 unspecified atom stereocenters. The van der Waals surface area contributed by atoms with Crippen molar-refractivity contribution in [2.75, 3.05) is 13.2 Å². The highest BCUT2D eigenvalue weighted by Crippen LogP contribution is 2.44. The van der Waals surface area contributed by atoms with E-state index in [1.807, 2.05) is 0 Å². The molecule has 0 aromatic heterocycles. The summed E-state index contributed by atoms with van der Waals surface area (Å²) in [6.07, 6.45) is -12.3. The number of esters is 1. The Bertz CT molecular complexity index is 1070. The number of alkyl halides is 6. The molecule has 1 aliphatic rings. The standard InChI is InChI=1S/C28H32F7NO3/c1-16(22-10-18(12-27(30,31)32)9-19(11-22)13-28(33,34)35)39-25-8-5-21(15-38-17(2)37)24(14-36)26(25)20-3-6-23(29)7-4-20/h3-4,6-7,9-11,16,21,24-26H,5,8,12-15,36H2,1-2H3/t16-,21-,24-,25+,26+/m1/s1. The van der Waals surface area contributed by atoms with Gasteiger partial charge in [-0.2, -0.15) is 26.3 Å². The van der Waals surface area contributed by atoms with Crippen LogP contribution >= 0.6 is 0 Å². The van der Waals surface area contributed by atoms with E-state index >= 15 is 0 Å². The van der Waals surface area contributed by atoms with Gasteiger partial charge in [-0.3, -0.25) is 4.79 Å². The van der Waals surface area contributed by atoms with Crippen LogP contribution in [0.3, 0.4) is 0 Å². The number of nitrogens with two attached hydrogens (primary N) is 1. The Morgan fingerprint density at radius 1 is 0.974 bits per heavy atom. The maximum atomic E-state index is 13.7. The van der Waals surface area contributed by atoms with Gasteiger partial charge in [0.1, 0.15) is 5.82 Å². The van der Waals surface area contributed by atoms with E-state index in [2.05, 4.69) is 0 Å². The minimum absolute atomic E-state index is 0.113.